The zero-order valence-corrected chi connectivity index (χ0v) is 65.3. The van der Waals surface area contributed by atoms with E-state index < -0.39 is 29.1 Å². The van der Waals surface area contributed by atoms with Crippen LogP contribution in [-0.2, 0) is 67.5 Å². The van der Waals surface area contributed by atoms with Crippen LogP contribution in [0.5, 0.6) is 0 Å². The Kier molecular flexibility index (Phi) is 17.4. The second-order valence-electron chi connectivity index (χ2n) is 33.6. The molecule has 0 aromatic carbocycles. The molecule has 7 fully saturated rings. The third kappa shape index (κ3) is 12.9. The minimum atomic E-state index is -0.726. The molecule has 11 aliphatic rings. The van der Waals surface area contributed by atoms with Crippen LogP contribution in [0.3, 0.4) is 0 Å². The van der Waals surface area contributed by atoms with Gasteiger partial charge < -0.3 is 74.9 Å². The number of nitrogens with two attached hydrogens (primary N) is 4. The van der Waals surface area contributed by atoms with Crippen molar-refractivity contribution in [1.29, 1.82) is 0 Å². The number of fused-ring (bicyclic) bond motifs is 16. The number of ether oxygens (including phenoxy) is 4. The topological polar surface area (TPSA) is 428 Å². The molecule has 3 saturated heterocycles. The van der Waals surface area contributed by atoms with E-state index >= 15 is 0 Å². The van der Waals surface area contributed by atoms with E-state index in [1.54, 1.807) is 49.6 Å². The highest BCUT2D eigenvalue weighted by atomic mass is 19.1. The van der Waals surface area contributed by atoms with Gasteiger partial charge in [-0.05, 0) is 125 Å². The Hall–Kier alpha value is -11.2. The molecule has 4 bridgehead atoms. The summed E-state index contributed by atoms with van der Waals surface area (Å²) in [5, 5.41) is 0. The van der Waals surface area contributed by atoms with Gasteiger partial charge in [0.05, 0.1) is 47.8 Å². The fraction of sp³-hybridized carbons (Fsp3) is 0.538. The summed E-state index contributed by atoms with van der Waals surface area (Å²) in [6.45, 7) is 23.1. The molecule has 35 nitrogen and oxygen atoms in total. The van der Waals surface area contributed by atoms with E-state index in [1.165, 1.54) is 12.8 Å². The van der Waals surface area contributed by atoms with Gasteiger partial charge in [0.1, 0.15) is 63.6 Å². The van der Waals surface area contributed by atoms with E-state index in [0.29, 0.717) is 112 Å². The molecule has 12 aromatic heterocycles. The summed E-state index contributed by atoms with van der Waals surface area (Å²) in [5.41, 5.74) is 31.2. The summed E-state index contributed by atoms with van der Waals surface area (Å²) >= 11 is 0. The van der Waals surface area contributed by atoms with Crippen molar-refractivity contribution in [3.63, 3.8) is 0 Å². The van der Waals surface area contributed by atoms with Gasteiger partial charge in [0.15, 0.2) is 79.9 Å². The number of rotatable bonds is 9. The average Bonchev–Trinajstić information content (AvgIpc) is 1.61. The molecule has 596 valence electrons. The lowest BCUT2D eigenvalue weighted by molar-refractivity contribution is -0.0829. The number of halogens is 2. The van der Waals surface area contributed by atoms with Gasteiger partial charge in [-0.25, -0.2) is 108 Å². The molecule has 0 spiro atoms. The molecular formula is C78H91F2N31O4. The molecule has 5 unspecified atom stereocenters. The first-order valence-corrected chi connectivity index (χ1v) is 40.1. The first-order chi connectivity index (χ1) is 55.5. The van der Waals surface area contributed by atoms with Gasteiger partial charge in [-0.15, -0.1) is 0 Å². The molecule has 4 saturated carbocycles. The maximum Gasteiger partial charge on any atom is 0.219 e. The molecule has 23 rings (SSSR count). The quantitative estimate of drug-likeness (QED) is 0.105. The van der Waals surface area contributed by atoms with E-state index in [4.69, 9.17) is 102 Å². The van der Waals surface area contributed by atoms with Gasteiger partial charge in [0, 0.05) is 138 Å². The summed E-state index contributed by atoms with van der Waals surface area (Å²) in [5.74, 6) is 10.3. The third-order valence-electron chi connectivity index (χ3n) is 24.6. The summed E-state index contributed by atoms with van der Waals surface area (Å²) in [7, 11) is 0. The smallest absolute Gasteiger partial charge is 0.219 e. The predicted molar refractivity (Wildman–Crippen MR) is 422 cm³/mol. The number of hydrogen-bond acceptors (Lipinski definition) is 31. The van der Waals surface area contributed by atoms with E-state index in [2.05, 4.69) is 93.6 Å². The molecule has 4 aliphatic carbocycles. The van der Waals surface area contributed by atoms with Gasteiger partial charge in [-0.3, -0.25) is 0 Å². The number of nitrogen functional groups attached to an aromatic ring is 4. The predicted octanol–water partition coefficient (Wildman–Crippen LogP) is 8.65. The zero-order chi connectivity index (χ0) is 78.7. The molecule has 37 heteroatoms. The minimum Gasteiger partial charge on any atom is -0.368 e. The Balaban J connectivity index is 0.0000000992. The lowest BCUT2D eigenvalue weighted by Gasteiger charge is -2.34. The zero-order valence-electron chi connectivity index (χ0n) is 65.3. The van der Waals surface area contributed by atoms with E-state index in [0.717, 1.165) is 173 Å². The van der Waals surface area contributed by atoms with Crippen molar-refractivity contribution in [2.45, 2.75) is 198 Å². The van der Waals surface area contributed by atoms with E-state index in [9.17, 15) is 8.78 Å². The Morgan fingerprint density at radius 1 is 0.365 bits per heavy atom. The maximum atomic E-state index is 14.2. The highest BCUT2D eigenvalue weighted by Gasteiger charge is 2.51. The van der Waals surface area contributed by atoms with E-state index in [-0.39, 0.29) is 53.3 Å². The Morgan fingerprint density at radius 2 is 0.722 bits per heavy atom. The molecule has 19 heterocycles. The first kappa shape index (κ1) is 72.8. The highest BCUT2D eigenvalue weighted by molar-refractivity contribution is 5.89. The number of hydrogen-bond donors (Lipinski definition) is 4. The number of piperidine rings is 2. The maximum absolute atomic E-state index is 14.2. The van der Waals surface area contributed by atoms with Gasteiger partial charge in [-0.1, -0.05) is 0 Å². The number of nitrogens with zero attached hydrogens (tertiary/aromatic N) is 27. The second-order valence-corrected chi connectivity index (χ2v) is 33.6. The van der Waals surface area contributed by atoms with Crippen LogP contribution in [0, 0.1) is 17.8 Å². The SMILES string of the molecule is CC1(C)OCCCn2c1nc1c(N3CCCC3)nc(-c3cnc(N)nc3)nc12.CC1(C)OCCn2c1nc1c(N3CC4CC3CC4F)nc(-c3cnc(N)nc3)nc12.CC1(C)OCCn2c1nc1c(N3CC4CC3C[C@H]4F)nc(-c3cnc(N)nc3)nc12.C[C@]1(C2CC2)OCCn2c1nc1c(C3CC3)nc(-c3cnc(N)nc3)nc12. The van der Waals surface area contributed by atoms with Gasteiger partial charge in [0.2, 0.25) is 23.8 Å². The molecule has 8 N–H and O–H groups in total. The first-order valence-electron chi connectivity index (χ1n) is 40.1. The normalized spacial score (nSPS) is 24.6. The number of anilines is 7. The number of alkyl halides is 2. The van der Waals surface area contributed by atoms with Crippen molar-refractivity contribution in [3.8, 4) is 45.6 Å². The molecule has 7 atom stereocenters. The van der Waals surface area contributed by atoms with Crippen molar-refractivity contribution in [2.24, 2.45) is 17.8 Å². The molecular weight excluding hydrogens is 1470 g/mol. The largest absolute Gasteiger partial charge is 0.368 e. The standard InChI is InChI=1S/2C20H23FN8O.C19H24N8O.C19H21N7O/c2*1-20(2)18-25-14-16(28(18)3-4-30-20)26-15(11-7-23-19(22)24-8-11)27-17(14)29-9-10-5-12(29)6-13(10)21;1-19(2)17-23-13-15(26-6-3-4-7-26)24-14(12-10-21-18(20)22-11-12)25-16(13)27(17)8-5-9-28-19;1-19(12-4-5-12)17-24-14-13(10-2-3-10)23-15(11-8-21-18(20)22-9-11)25-16(14)26(17)6-7-27-19/h2*7-8,10,12-13H,3-6,9H2,1-2H3,(H2,22,23,24);10-11H,3-9H2,1-2H3,(H2,20,21,22);8-10,12H,2-7H2,1H3,(H2,20,21,22)/t10?,12?,13-;;;19-/m1..1/s1. The van der Waals surface area contributed by atoms with Crippen molar-refractivity contribution in [1.82, 2.24) is 118 Å². The van der Waals surface area contributed by atoms with Crippen LogP contribution in [0.15, 0.2) is 49.6 Å². The highest BCUT2D eigenvalue weighted by Crippen LogP contribution is 2.52. The molecule has 7 aliphatic heterocycles. The van der Waals surface area contributed by atoms with Crippen molar-refractivity contribution >= 4 is 85.9 Å². The summed E-state index contributed by atoms with van der Waals surface area (Å²) in [6, 6.07) is 0.281. The lowest BCUT2D eigenvalue weighted by atomic mass is 9.98. The van der Waals surface area contributed by atoms with Crippen molar-refractivity contribution in [2.75, 3.05) is 90.2 Å². The van der Waals surface area contributed by atoms with Crippen LogP contribution in [0.4, 0.5) is 50.0 Å². The van der Waals surface area contributed by atoms with Crippen molar-refractivity contribution < 1.29 is 27.7 Å². The van der Waals surface area contributed by atoms with Gasteiger partial charge >= 0.3 is 0 Å². The average molecular weight is 1560 g/mol. The summed E-state index contributed by atoms with van der Waals surface area (Å²) in [6.07, 6.45) is 22.5. The van der Waals surface area contributed by atoms with Crippen LogP contribution in [0.2, 0.25) is 0 Å². The Labute approximate surface area is 658 Å². The van der Waals surface area contributed by atoms with Crippen LogP contribution in [-0.4, -0.2) is 195 Å². The lowest BCUT2D eigenvalue weighted by Crippen LogP contribution is -2.38. The summed E-state index contributed by atoms with van der Waals surface area (Å²) in [4.78, 5) is 98.3. The minimum absolute atomic E-state index is 0.0559. The fourth-order valence-corrected chi connectivity index (χ4v) is 18.3. The van der Waals surface area contributed by atoms with Crippen molar-refractivity contribution in [3.05, 3.63) is 78.6 Å². The third-order valence-corrected chi connectivity index (χ3v) is 24.6. The molecule has 0 radical (unpaired) electrons. The molecule has 12 aromatic rings. The van der Waals surface area contributed by atoms with Crippen LogP contribution < -0.4 is 37.6 Å². The number of aryl methyl sites for hydroxylation is 1. The summed E-state index contributed by atoms with van der Waals surface area (Å²) < 4.78 is 61.2. The van der Waals surface area contributed by atoms with Gasteiger partial charge in [0.25, 0.3) is 0 Å². The Morgan fingerprint density at radius 3 is 1.11 bits per heavy atom. The van der Waals surface area contributed by atoms with E-state index in [1.807, 2.05) is 27.7 Å². The van der Waals surface area contributed by atoms with Gasteiger partial charge in [-0.2, -0.15) is 0 Å². The second kappa shape index (κ2) is 27.5. The van der Waals surface area contributed by atoms with Crippen LogP contribution in [0.25, 0.3) is 90.2 Å². The molecule has 115 heavy (non-hydrogen) atoms. The van der Waals surface area contributed by atoms with Crippen LogP contribution in [0.1, 0.15) is 154 Å². The fourth-order valence-electron chi connectivity index (χ4n) is 18.3. The monoisotopic (exact) mass is 1560 g/mol. The van der Waals surface area contributed by atoms with Crippen LogP contribution >= 0.6 is 0 Å². The molecule has 0 amide bonds. The number of imidazole rings is 4. The Bertz CT molecular complexity index is 5580. The number of aromatic nitrogens is 24.